The fourth-order valence-corrected chi connectivity index (χ4v) is 3.67. The molecule has 3 aromatic carbocycles. The fraction of sp³-hybridized carbons (Fsp3) is 0.308. The number of benzene rings is 3. The van der Waals surface area contributed by atoms with Gasteiger partial charge < -0.3 is 24.6 Å². The highest BCUT2D eigenvalue weighted by Crippen LogP contribution is 2.41. The van der Waals surface area contributed by atoms with Gasteiger partial charge in [0.25, 0.3) is 0 Å². The van der Waals surface area contributed by atoms with Crippen molar-refractivity contribution in [1.82, 2.24) is 5.32 Å². The van der Waals surface area contributed by atoms with Crippen LogP contribution in [0.2, 0.25) is 0 Å². The number of rotatable bonds is 11. The van der Waals surface area contributed by atoms with Gasteiger partial charge in [-0.1, -0.05) is 61.5 Å². The van der Waals surface area contributed by atoms with Gasteiger partial charge in [-0.2, -0.15) is 0 Å². The average molecular weight is 422 g/mol. The molecule has 1 atom stereocenters. The standard InChI is InChI=1S/C26H31NO4/c1-4-27-18-23(28)19-31-26(20-8-6-5-7-9-20,21-10-14-24(29-2)15-11-21)22-12-16-25(30-3)17-13-22/h5-17,23,27-28H,4,18-19H2,1-3H3. The van der Waals surface area contributed by atoms with Gasteiger partial charge in [0.1, 0.15) is 17.1 Å². The molecule has 5 heteroatoms. The summed E-state index contributed by atoms with van der Waals surface area (Å²) in [6.45, 7) is 3.43. The van der Waals surface area contributed by atoms with Crippen LogP contribution in [0.4, 0.5) is 0 Å². The van der Waals surface area contributed by atoms with Crippen molar-refractivity contribution in [1.29, 1.82) is 0 Å². The minimum atomic E-state index is -0.910. The average Bonchev–Trinajstić information content (AvgIpc) is 2.84. The Bertz CT molecular complexity index is 863. The second kappa shape index (κ2) is 11.0. The van der Waals surface area contributed by atoms with Crippen molar-refractivity contribution in [2.75, 3.05) is 33.9 Å². The Morgan fingerprint density at radius 1 is 0.774 bits per heavy atom. The van der Waals surface area contributed by atoms with Crippen LogP contribution in [0.5, 0.6) is 11.5 Å². The number of methoxy groups -OCH3 is 2. The van der Waals surface area contributed by atoms with Crippen LogP contribution in [0.1, 0.15) is 23.6 Å². The van der Waals surface area contributed by atoms with Crippen LogP contribution >= 0.6 is 0 Å². The van der Waals surface area contributed by atoms with Crippen LogP contribution < -0.4 is 14.8 Å². The first-order chi connectivity index (χ1) is 15.1. The van der Waals surface area contributed by atoms with Gasteiger partial charge in [-0.3, -0.25) is 0 Å². The van der Waals surface area contributed by atoms with E-state index in [1.54, 1.807) is 14.2 Å². The number of hydrogen-bond donors (Lipinski definition) is 2. The van der Waals surface area contributed by atoms with Crippen LogP contribution in [0, 0.1) is 0 Å². The molecule has 0 aliphatic carbocycles. The zero-order valence-electron chi connectivity index (χ0n) is 18.4. The van der Waals surface area contributed by atoms with Gasteiger partial charge in [0.15, 0.2) is 0 Å². The summed E-state index contributed by atoms with van der Waals surface area (Å²) >= 11 is 0. The number of ether oxygens (including phenoxy) is 3. The Morgan fingerprint density at radius 2 is 1.26 bits per heavy atom. The third kappa shape index (κ3) is 5.25. The van der Waals surface area contributed by atoms with E-state index in [1.165, 1.54) is 0 Å². The highest BCUT2D eigenvalue weighted by Gasteiger charge is 2.38. The SMILES string of the molecule is CCNCC(O)COC(c1ccccc1)(c1ccc(OC)cc1)c1ccc(OC)cc1. The Labute approximate surface area is 184 Å². The monoisotopic (exact) mass is 421 g/mol. The van der Waals surface area contributed by atoms with E-state index in [0.29, 0.717) is 6.54 Å². The smallest absolute Gasteiger partial charge is 0.143 e. The van der Waals surface area contributed by atoms with E-state index in [-0.39, 0.29) is 6.61 Å². The van der Waals surface area contributed by atoms with Crippen LogP contribution in [-0.4, -0.2) is 45.1 Å². The Hall–Kier alpha value is -2.86. The van der Waals surface area contributed by atoms with Crippen LogP contribution in [0.3, 0.4) is 0 Å². The number of aliphatic hydroxyl groups excluding tert-OH is 1. The van der Waals surface area contributed by atoms with Crippen LogP contribution in [0.25, 0.3) is 0 Å². The van der Waals surface area contributed by atoms with E-state index in [1.807, 2.05) is 85.8 Å². The molecule has 0 aliphatic heterocycles. The van der Waals surface area contributed by atoms with E-state index >= 15 is 0 Å². The van der Waals surface area contributed by atoms with Crippen molar-refractivity contribution in [3.8, 4) is 11.5 Å². The molecule has 0 fully saturated rings. The zero-order valence-corrected chi connectivity index (χ0v) is 18.4. The molecule has 0 aromatic heterocycles. The molecule has 5 nitrogen and oxygen atoms in total. The highest BCUT2D eigenvalue weighted by molar-refractivity contribution is 5.49. The van der Waals surface area contributed by atoms with E-state index in [9.17, 15) is 5.11 Å². The molecule has 0 saturated heterocycles. The third-order valence-electron chi connectivity index (χ3n) is 5.30. The van der Waals surface area contributed by atoms with Crippen molar-refractivity contribution in [2.24, 2.45) is 0 Å². The predicted octanol–water partition coefficient (Wildman–Crippen LogP) is 3.98. The second-order valence-electron chi connectivity index (χ2n) is 7.28. The first-order valence-corrected chi connectivity index (χ1v) is 10.5. The molecule has 3 rings (SSSR count). The Balaban J connectivity index is 2.13. The predicted molar refractivity (Wildman–Crippen MR) is 123 cm³/mol. The summed E-state index contributed by atoms with van der Waals surface area (Å²) < 4.78 is 17.3. The lowest BCUT2D eigenvalue weighted by Gasteiger charge is -2.36. The van der Waals surface area contributed by atoms with Crippen molar-refractivity contribution in [2.45, 2.75) is 18.6 Å². The van der Waals surface area contributed by atoms with E-state index in [0.717, 1.165) is 34.7 Å². The van der Waals surface area contributed by atoms with E-state index < -0.39 is 11.7 Å². The number of likely N-dealkylation sites (N-methyl/N-ethyl adjacent to an activating group) is 1. The molecule has 31 heavy (non-hydrogen) atoms. The topological polar surface area (TPSA) is 60.0 Å². The van der Waals surface area contributed by atoms with Crippen molar-refractivity contribution in [3.63, 3.8) is 0 Å². The summed E-state index contributed by atoms with van der Waals surface area (Å²) in [4.78, 5) is 0. The highest BCUT2D eigenvalue weighted by atomic mass is 16.5. The summed E-state index contributed by atoms with van der Waals surface area (Å²) in [6, 6.07) is 25.8. The maximum absolute atomic E-state index is 10.5. The molecule has 0 bridgehead atoms. The minimum Gasteiger partial charge on any atom is -0.497 e. The lowest BCUT2D eigenvalue weighted by Crippen LogP contribution is -2.38. The van der Waals surface area contributed by atoms with Crippen LogP contribution in [-0.2, 0) is 10.3 Å². The number of nitrogens with one attached hydrogen (secondary N) is 1. The number of aliphatic hydroxyl groups is 1. The van der Waals surface area contributed by atoms with Gasteiger partial charge in [-0.15, -0.1) is 0 Å². The Morgan fingerprint density at radius 3 is 1.71 bits per heavy atom. The molecule has 3 aromatic rings. The van der Waals surface area contributed by atoms with Crippen LogP contribution in [0.15, 0.2) is 78.9 Å². The fourth-order valence-electron chi connectivity index (χ4n) is 3.67. The molecular weight excluding hydrogens is 390 g/mol. The Kier molecular flexibility index (Phi) is 8.06. The lowest BCUT2D eigenvalue weighted by molar-refractivity contribution is -0.0371. The first-order valence-electron chi connectivity index (χ1n) is 10.5. The quantitative estimate of drug-likeness (QED) is 0.459. The summed E-state index contributed by atoms with van der Waals surface area (Å²) in [6.07, 6.45) is -0.639. The van der Waals surface area contributed by atoms with Crippen molar-refractivity contribution >= 4 is 0 Å². The molecule has 0 saturated carbocycles. The molecule has 0 spiro atoms. The third-order valence-corrected chi connectivity index (χ3v) is 5.30. The van der Waals surface area contributed by atoms with Gasteiger partial charge >= 0.3 is 0 Å². The molecule has 0 amide bonds. The lowest BCUT2D eigenvalue weighted by atomic mass is 9.80. The molecule has 0 heterocycles. The van der Waals surface area contributed by atoms with Gasteiger partial charge in [0.05, 0.1) is 26.9 Å². The zero-order chi connectivity index (χ0) is 22.1. The first kappa shape index (κ1) is 22.8. The summed E-state index contributed by atoms with van der Waals surface area (Å²) in [5.74, 6) is 1.54. The van der Waals surface area contributed by atoms with E-state index in [2.05, 4.69) is 5.32 Å². The van der Waals surface area contributed by atoms with Crippen molar-refractivity contribution in [3.05, 3.63) is 95.6 Å². The summed E-state index contributed by atoms with van der Waals surface area (Å²) in [7, 11) is 3.30. The largest absolute Gasteiger partial charge is 0.497 e. The minimum absolute atomic E-state index is 0.167. The normalized spacial score (nSPS) is 12.4. The van der Waals surface area contributed by atoms with Gasteiger partial charge in [-0.25, -0.2) is 0 Å². The van der Waals surface area contributed by atoms with Gasteiger partial charge in [0.2, 0.25) is 0 Å². The van der Waals surface area contributed by atoms with E-state index in [4.69, 9.17) is 14.2 Å². The number of hydrogen-bond acceptors (Lipinski definition) is 5. The molecule has 164 valence electrons. The molecule has 1 unspecified atom stereocenters. The molecule has 0 aliphatic rings. The second-order valence-corrected chi connectivity index (χ2v) is 7.28. The summed E-state index contributed by atoms with van der Waals surface area (Å²) in [5.41, 5.74) is 1.95. The molecule has 2 N–H and O–H groups in total. The van der Waals surface area contributed by atoms with Gasteiger partial charge in [0, 0.05) is 6.54 Å². The summed E-state index contributed by atoms with van der Waals surface area (Å²) in [5, 5.41) is 13.7. The van der Waals surface area contributed by atoms with Crippen molar-refractivity contribution < 1.29 is 19.3 Å². The molecular formula is C26H31NO4. The van der Waals surface area contributed by atoms with Gasteiger partial charge in [-0.05, 0) is 47.5 Å². The maximum Gasteiger partial charge on any atom is 0.143 e. The molecule has 0 radical (unpaired) electrons. The maximum atomic E-state index is 10.5.